The van der Waals surface area contributed by atoms with Crippen LogP contribution < -0.4 is 0 Å². The zero-order chi connectivity index (χ0) is 14.9. The van der Waals surface area contributed by atoms with Gasteiger partial charge >= 0.3 is 5.97 Å². The first-order valence-corrected chi connectivity index (χ1v) is 5.16. The molecule has 0 aliphatic heterocycles. The van der Waals surface area contributed by atoms with Gasteiger partial charge in [0.25, 0.3) is 11.4 Å². The molecule has 1 heterocycles. The lowest BCUT2D eigenvalue weighted by molar-refractivity contribution is -0.393. The summed E-state index contributed by atoms with van der Waals surface area (Å²) in [6, 6.07) is 4.21. The largest absolute Gasteiger partial charge is 0.478 e. The van der Waals surface area contributed by atoms with Gasteiger partial charge in [0.05, 0.1) is 27.7 Å². The van der Waals surface area contributed by atoms with Gasteiger partial charge in [-0.05, 0) is 12.1 Å². The minimum absolute atomic E-state index is 0.0519. The fraction of sp³-hybridized carbons (Fsp3) is 0. The molecule has 0 fully saturated rings. The molecular weight excluding hydrogens is 272 g/mol. The van der Waals surface area contributed by atoms with Crippen LogP contribution in [0.5, 0.6) is 0 Å². The molecule has 2 aromatic rings. The highest BCUT2D eigenvalue weighted by atomic mass is 16.6. The highest BCUT2D eigenvalue weighted by molar-refractivity contribution is 5.99. The number of nitrogens with zero attached hydrogens (tertiary/aromatic N) is 2. The van der Waals surface area contributed by atoms with Crippen molar-refractivity contribution in [1.29, 1.82) is 0 Å². The van der Waals surface area contributed by atoms with E-state index in [0.29, 0.717) is 6.07 Å². The first-order chi connectivity index (χ1) is 9.41. The molecular formula is C11H6N2O7. The van der Waals surface area contributed by atoms with E-state index in [0.717, 1.165) is 6.07 Å². The standard InChI is InChI=1S/C11H6N2O7/c14-11(15)7-4-6(12(16)17)5-8(13(18)19)10(7)9-2-1-3-20-9/h1-5H,(H,14,15). The van der Waals surface area contributed by atoms with E-state index in [2.05, 4.69) is 0 Å². The van der Waals surface area contributed by atoms with Crippen LogP contribution in [-0.2, 0) is 0 Å². The number of non-ortho nitro benzene ring substituents is 1. The van der Waals surface area contributed by atoms with Gasteiger partial charge in [-0.2, -0.15) is 0 Å². The van der Waals surface area contributed by atoms with Crippen LogP contribution in [0, 0.1) is 20.2 Å². The van der Waals surface area contributed by atoms with Gasteiger partial charge in [0, 0.05) is 6.07 Å². The minimum atomic E-state index is -1.52. The maximum absolute atomic E-state index is 11.2. The second-order valence-corrected chi connectivity index (χ2v) is 3.68. The number of nitro benzene ring substituents is 2. The van der Waals surface area contributed by atoms with Crippen molar-refractivity contribution in [1.82, 2.24) is 0 Å². The molecule has 1 aromatic heterocycles. The van der Waals surface area contributed by atoms with Gasteiger partial charge in [-0.25, -0.2) is 4.79 Å². The Balaban J connectivity index is 2.85. The van der Waals surface area contributed by atoms with Crippen LogP contribution in [0.2, 0.25) is 0 Å². The molecule has 0 saturated carbocycles. The summed E-state index contributed by atoms with van der Waals surface area (Å²) in [7, 11) is 0. The van der Waals surface area contributed by atoms with E-state index in [9.17, 15) is 25.0 Å². The van der Waals surface area contributed by atoms with Crippen LogP contribution in [-0.4, -0.2) is 20.9 Å². The molecule has 0 amide bonds. The Morgan fingerprint density at radius 3 is 2.35 bits per heavy atom. The highest BCUT2D eigenvalue weighted by Gasteiger charge is 2.29. The van der Waals surface area contributed by atoms with Gasteiger partial charge < -0.3 is 9.52 Å². The Morgan fingerprint density at radius 2 is 1.90 bits per heavy atom. The molecule has 1 N–H and O–H groups in total. The van der Waals surface area contributed by atoms with E-state index < -0.39 is 32.8 Å². The maximum atomic E-state index is 11.2. The Morgan fingerprint density at radius 1 is 1.20 bits per heavy atom. The number of carboxylic acids is 1. The third-order valence-corrected chi connectivity index (χ3v) is 2.51. The topological polar surface area (TPSA) is 137 Å². The average Bonchev–Trinajstić information content (AvgIpc) is 2.90. The van der Waals surface area contributed by atoms with Crippen molar-refractivity contribution in [2.24, 2.45) is 0 Å². The number of hydrogen-bond donors (Lipinski definition) is 1. The lowest BCUT2D eigenvalue weighted by Crippen LogP contribution is -2.04. The fourth-order valence-electron chi connectivity index (χ4n) is 1.71. The van der Waals surface area contributed by atoms with Crippen molar-refractivity contribution in [2.45, 2.75) is 0 Å². The number of carbonyl (C=O) groups is 1. The third kappa shape index (κ3) is 2.19. The lowest BCUT2D eigenvalue weighted by Gasteiger charge is -2.04. The molecule has 0 radical (unpaired) electrons. The second-order valence-electron chi connectivity index (χ2n) is 3.68. The van der Waals surface area contributed by atoms with Crippen molar-refractivity contribution >= 4 is 17.3 Å². The van der Waals surface area contributed by atoms with Gasteiger partial charge in [-0.15, -0.1) is 0 Å². The van der Waals surface area contributed by atoms with Crippen molar-refractivity contribution in [2.75, 3.05) is 0 Å². The molecule has 2 rings (SSSR count). The molecule has 1 aromatic carbocycles. The van der Waals surface area contributed by atoms with Crippen LogP contribution in [0.3, 0.4) is 0 Å². The van der Waals surface area contributed by atoms with E-state index in [4.69, 9.17) is 9.52 Å². The molecule has 9 heteroatoms. The number of benzene rings is 1. The highest BCUT2D eigenvalue weighted by Crippen LogP contribution is 2.37. The summed E-state index contributed by atoms with van der Waals surface area (Å²) in [5.74, 6) is -1.58. The van der Waals surface area contributed by atoms with E-state index in [1.165, 1.54) is 18.4 Å². The lowest BCUT2D eigenvalue weighted by atomic mass is 10.0. The van der Waals surface area contributed by atoms with Crippen molar-refractivity contribution in [3.63, 3.8) is 0 Å². The number of aromatic carboxylic acids is 1. The van der Waals surface area contributed by atoms with Gasteiger partial charge in [-0.1, -0.05) is 0 Å². The van der Waals surface area contributed by atoms with E-state index in [-0.39, 0.29) is 11.3 Å². The van der Waals surface area contributed by atoms with Gasteiger partial charge in [0.2, 0.25) is 0 Å². The normalized spacial score (nSPS) is 10.2. The minimum Gasteiger partial charge on any atom is -0.478 e. The Hall–Kier alpha value is -3.23. The van der Waals surface area contributed by atoms with Crippen LogP contribution in [0.25, 0.3) is 11.3 Å². The Labute approximate surface area is 110 Å². The zero-order valence-electron chi connectivity index (χ0n) is 9.68. The van der Waals surface area contributed by atoms with Crippen LogP contribution in [0.15, 0.2) is 34.9 Å². The van der Waals surface area contributed by atoms with Crippen LogP contribution >= 0.6 is 0 Å². The third-order valence-electron chi connectivity index (χ3n) is 2.51. The molecule has 0 spiro atoms. The summed E-state index contributed by atoms with van der Waals surface area (Å²) >= 11 is 0. The van der Waals surface area contributed by atoms with E-state index in [1.807, 2.05) is 0 Å². The number of furan rings is 1. The molecule has 0 unspecified atom stereocenters. The summed E-state index contributed by atoms with van der Waals surface area (Å²) in [5.41, 5.74) is -2.25. The van der Waals surface area contributed by atoms with E-state index >= 15 is 0 Å². The van der Waals surface area contributed by atoms with Gasteiger partial charge in [0.1, 0.15) is 11.3 Å². The summed E-state index contributed by atoms with van der Waals surface area (Å²) in [4.78, 5) is 31.1. The summed E-state index contributed by atoms with van der Waals surface area (Å²) < 4.78 is 4.96. The fourth-order valence-corrected chi connectivity index (χ4v) is 1.71. The molecule has 0 aliphatic carbocycles. The monoisotopic (exact) mass is 278 g/mol. The Kier molecular flexibility index (Phi) is 3.17. The van der Waals surface area contributed by atoms with Gasteiger partial charge in [-0.3, -0.25) is 20.2 Å². The number of nitro groups is 2. The molecule has 0 bridgehead atoms. The van der Waals surface area contributed by atoms with Crippen LogP contribution in [0.4, 0.5) is 11.4 Å². The van der Waals surface area contributed by atoms with Gasteiger partial charge in [0.15, 0.2) is 0 Å². The van der Waals surface area contributed by atoms with E-state index in [1.54, 1.807) is 0 Å². The average molecular weight is 278 g/mol. The Bertz CT molecular complexity index is 671. The first kappa shape index (κ1) is 13.2. The zero-order valence-corrected chi connectivity index (χ0v) is 9.68. The number of hydrogen-bond acceptors (Lipinski definition) is 6. The summed E-state index contributed by atoms with van der Waals surface area (Å²) in [5, 5.41) is 30.8. The number of carboxylic acid groups (broad SMARTS) is 1. The van der Waals surface area contributed by atoms with Crippen LogP contribution in [0.1, 0.15) is 10.4 Å². The summed E-state index contributed by atoms with van der Waals surface area (Å²) in [6.45, 7) is 0. The van der Waals surface area contributed by atoms with Crippen molar-refractivity contribution < 1.29 is 24.2 Å². The second kappa shape index (κ2) is 4.80. The van der Waals surface area contributed by atoms with Crippen molar-refractivity contribution in [3.8, 4) is 11.3 Å². The smallest absolute Gasteiger partial charge is 0.336 e. The molecule has 0 saturated heterocycles. The predicted octanol–water partition coefficient (Wildman–Crippen LogP) is 2.46. The molecule has 9 nitrogen and oxygen atoms in total. The molecule has 20 heavy (non-hydrogen) atoms. The number of rotatable bonds is 4. The van der Waals surface area contributed by atoms with Crippen molar-refractivity contribution in [3.05, 3.63) is 56.3 Å². The molecule has 0 aliphatic rings. The summed E-state index contributed by atoms with van der Waals surface area (Å²) in [6.07, 6.45) is 1.21. The molecule has 0 atom stereocenters. The maximum Gasteiger partial charge on any atom is 0.336 e. The quantitative estimate of drug-likeness (QED) is 0.669. The predicted molar refractivity (Wildman–Crippen MR) is 64.4 cm³/mol. The first-order valence-electron chi connectivity index (χ1n) is 5.16. The molecule has 102 valence electrons. The SMILES string of the molecule is O=C(O)c1cc([N+](=O)[O-])cc([N+](=O)[O-])c1-c1ccco1.